The Kier molecular flexibility index (Phi) is 3.39. The van der Waals surface area contributed by atoms with E-state index >= 15 is 0 Å². The van der Waals surface area contributed by atoms with Gasteiger partial charge in [-0.2, -0.15) is 0 Å². The second-order valence-corrected chi connectivity index (χ2v) is 4.90. The smallest absolute Gasteiger partial charge is 0.122 e. The van der Waals surface area contributed by atoms with Crippen LogP contribution in [-0.2, 0) is 0 Å². The Labute approximate surface area is 102 Å². The fraction of sp³-hybridized carbons (Fsp3) is 0.500. The van der Waals surface area contributed by atoms with Crippen LogP contribution < -0.4 is 10.6 Å². The van der Waals surface area contributed by atoms with E-state index in [1.807, 2.05) is 12.1 Å². The van der Waals surface area contributed by atoms with Gasteiger partial charge in [-0.3, -0.25) is 4.98 Å². The van der Waals surface area contributed by atoms with Gasteiger partial charge >= 0.3 is 0 Å². The van der Waals surface area contributed by atoms with E-state index in [-0.39, 0.29) is 0 Å². The van der Waals surface area contributed by atoms with Crippen molar-refractivity contribution in [3.63, 3.8) is 0 Å². The first-order valence-corrected chi connectivity index (χ1v) is 6.08. The van der Waals surface area contributed by atoms with Crippen LogP contribution in [0, 0.1) is 5.92 Å². The summed E-state index contributed by atoms with van der Waals surface area (Å²) in [6.07, 6.45) is 4.36. The third-order valence-electron chi connectivity index (χ3n) is 3.02. The molecule has 1 aliphatic heterocycles. The van der Waals surface area contributed by atoms with Crippen molar-refractivity contribution in [1.82, 2.24) is 4.98 Å². The number of rotatable bonds is 2. The summed E-state index contributed by atoms with van der Waals surface area (Å²) in [6.45, 7) is 4.52. The van der Waals surface area contributed by atoms with Gasteiger partial charge in [0.05, 0.1) is 5.69 Å². The van der Waals surface area contributed by atoms with Crippen LogP contribution in [0.3, 0.4) is 0 Å². The first kappa shape index (κ1) is 11.3. The molecule has 2 rings (SSSR count). The van der Waals surface area contributed by atoms with E-state index in [1.54, 1.807) is 6.20 Å². The molecule has 3 nitrogen and oxygen atoms in total. The number of thiocarbonyl (C=S) groups is 1. The van der Waals surface area contributed by atoms with Crippen LogP contribution in [0.2, 0.25) is 0 Å². The average Bonchev–Trinajstić information content (AvgIpc) is 2.29. The Morgan fingerprint density at radius 2 is 2.44 bits per heavy atom. The summed E-state index contributed by atoms with van der Waals surface area (Å²) < 4.78 is 0. The summed E-state index contributed by atoms with van der Waals surface area (Å²) >= 11 is 4.94. The van der Waals surface area contributed by atoms with Gasteiger partial charge in [-0.25, -0.2) is 0 Å². The van der Waals surface area contributed by atoms with Gasteiger partial charge in [-0.05, 0) is 30.9 Å². The highest BCUT2D eigenvalue weighted by atomic mass is 32.1. The zero-order chi connectivity index (χ0) is 11.5. The summed E-state index contributed by atoms with van der Waals surface area (Å²) in [6, 6.07) is 4.01. The summed E-state index contributed by atoms with van der Waals surface area (Å²) in [4.78, 5) is 6.91. The topological polar surface area (TPSA) is 42.2 Å². The Morgan fingerprint density at radius 3 is 3.12 bits per heavy atom. The Bertz CT molecular complexity index is 392. The lowest BCUT2D eigenvalue weighted by molar-refractivity contribution is 0.447. The van der Waals surface area contributed by atoms with Crippen molar-refractivity contribution in [3.8, 4) is 0 Å². The monoisotopic (exact) mass is 235 g/mol. The molecule has 1 aromatic rings. The molecule has 0 aliphatic carbocycles. The van der Waals surface area contributed by atoms with E-state index in [4.69, 9.17) is 18.0 Å². The molecule has 2 heterocycles. The molecule has 0 amide bonds. The fourth-order valence-corrected chi connectivity index (χ4v) is 2.29. The van der Waals surface area contributed by atoms with Gasteiger partial charge in [0.25, 0.3) is 0 Å². The molecule has 1 unspecified atom stereocenters. The molecule has 86 valence electrons. The molecule has 0 aromatic carbocycles. The molecular weight excluding hydrogens is 218 g/mol. The molecular formula is C12H17N3S. The first-order valence-electron chi connectivity index (χ1n) is 5.67. The van der Waals surface area contributed by atoms with Crippen LogP contribution >= 0.6 is 12.2 Å². The van der Waals surface area contributed by atoms with E-state index in [9.17, 15) is 0 Å². The fourth-order valence-electron chi connectivity index (χ4n) is 2.17. The Morgan fingerprint density at radius 1 is 1.62 bits per heavy atom. The lowest BCUT2D eigenvalue weighted by atomic mass is 10.00. The average molecular weight is 235 g/mol. The van der Waals surface area contributed by atoms with Crippen LogP contribution in [-0.4, -0.2) is 23.1 Å². The largest absolute Gasteiger partial charge is 0.388 e. The lowest BCUT2D eigenvalue weighted by Crippen LogP contribution is -2.34. The maximum Gasteiger partial charge on any atom is 0.122 e. The molecule has 16 heavy (non-hydrogen) atoms. The highest BCUT2D eigenvalue weighted by Crippen LogP contribution is 2.22. The molecule has 0 spiro atoms. The highest BCUT2D eigenvalue weighted by molar-refractivity contribution is 7.80. The summed E-state index contributed by atoms with van der Waals surface area (Å²) in [7, 11) is 0. The third kappa shape index (κ3) is 2.50. The van der Waals surface area contributed by atoms with Gasteiger partial charge in [-0.1, -0.05) is 19.1 Å². The van der Waals surface area contributed by atoms with Crippen molar-refractivity contribution >= 4 is 22.9 Å². The molecule has 2 N–H and O–H groups in total. The highest BCUT2D eigenvalue weighted by Gasteiger charge is 2.17. The summed E-state index contributed by atoms with van der Waals surface area (Å²) in [5, 5.41) is 0. The van der Waals surface area contributed by atoms with E-state index in [1.165, 1.54) is 18.5 Å². The SMILES string of the molecule is CC1CCCN(c2ccnc(C(N)=S)c2)C1. The first-order chi connectivity index (χ1) is 7.66. The normalized spacial score (nSPS) is 20.8. The predicted molar refractivity (Wildman–Crippen MR) is 70.7 cm³/mol. The molecule has 1 fully saturated rings. The Balaban J connectivity index is 2.19. The number of nitrogens with zero attached hydrogens (tertiary/aromatic N) is 2. The molecule has 0 bridgehead atoms. The van der Waals surface area contributed by atoms with Gasteiger partial charge in [-0.15, -0.1) is 0 Å². The second kappa shape index (κ2) is 4.78. The van der Waals surface area contributed by atoms with E-state index in [2.05, 4.69) is 16.8 Å². The number of piperidine rings is 1. The molecule has 1 atom stereocenters. The van der Waals surface area contributed by atoms with Crippen molar-refractivity contribution in [3.05, 3.63) is 24.0 Å². The molecule has 1 saturated heterocycles. The van der Waals surface area contributed by atoms with Crippen LogP contribution in [0.1, 0.15) is 25.5 Å². The second-order valence-electron chi connectivity index (χ2n) is 4.46. The lowest BCUT2D eigenvalue weighted by Gasteiger charge is -2.32. The number of aromatic nitrogens is 1. The maximum atomic E-state index is 5.59. The van der Waals surface area contributed by atoms with Crippen molar-refractivity contribution in [2.24, 2.45) is 11.7 Å². The zero-order valence-corrected chi connectivity index (χ0v) is 10.3. The van der Waals surface area contributed by atoms with Gasteiger partial charge < -0.3 is 10.6 Å². The third-order valence-corrected chi connectivity index (χ3v) is 3.23. The van der Waals surface area contributed by atoms with E-state index in [0.717, 1.165) is 19.0 Å². The number of anilines is 1. The number of hydrogen-bond donors (Lipinski definition) is 1. The summed E-state index contributed by atoms with van der Waals surface area (Å²) in [5.41, 5.74) is 7.49. The van der Waals surface area contributed by atoms with Crippen molar-refractivity contribution < 1.29 is 0 Å². The maximum absolute atomic E-state index is 5.59. The predicted octanol–water partition coefficient (Wildman–Crippen LogP) is 1.95. The van der Waals surface area contributed by atoms with Crippen LogP contribution in [0.4, 0.5) is 5.69 Å². The molecule has 4 heteroatoms. The number of nitrogens with two attached hydrogens (primary N) is 1. The standard InChI is InChI=1S/C12H17N3S/c1-9-3-2-6-15(8-9)10-4-5-14-11(7-10)12(13)16/h4-5,7,9H,2-3,6,8H2,1H3,(H2,13,16). The van der Waals surface area contributed by atoms with Gasteiger partial charge in [0.2, 0.25) is 0 Å². The number of pyridine rings is 1. The molecule has 0 radical (unpaired) electrons. The van der Waals surface area contributed by atoms with Crippen LogP contribution in [0.25, 0.3) is 0 Å². The summed E-state index contributed by atoms with van der Waals surface area (Å²) in [5.74, 6) is 0.759. The van der Waals surface area contributed by atoms with Gasteiger partial charge in [0.15, 0.2) is 0 Å². The minimum Gasteiger partial charge on any atom is -0.388 e. The molecule has 1 aliphatic rings. The van der Waals surface area contributed by atoms with Crippen molar-refractivity contribution in [2.45, 2.75) is 19.8 Å². The van der Waals surface area contributed by atoms with Crippen molar-refractivity contribution in [1.29, 1.82) is 0 Å². The zero-order valence-electron chi connectivity index (χ0n) is 9.52. The van der Waals surface area contributed by atoms with E-state index in [0.29, 0.717) is 10.7 Å². The quantitative estimate of drug-likeness (QED) is 0.796. The van der Waals surface area contributed by atoms with E-state index < -0.39 is 0 Å². The minimum atomic E-state index is 0.368. The Hall–Kier alpha value is -1.16. The number of hydrogen-bond acceptors (Lipinski definition) is 3. The molecule has 0 saturated carbocycles. The van der Waals surface area contributed by atoms with Crippen molar-refractivity contribution in [2.75, 3.05) is 18.0 Å². The minimum absolute atomic E-state index is 0.368. The van der Waals surface area contributed by atoms with Crippen LogP contribution in [0.15, 0.2) is 18.3 Å². The van der Waals surface area contributed by atoms with Crippen LogP contribution in [0.5, 0.6) is 0 Å². The van der Waals surface area contributed by atoms with Gasteiger partial charge in [0, 0.05) is 25.0 Å². The molecule has 1 aromatic heterocycles. The van der Waals surface area contributed by atoms with Gasteiger partial charge in [0.1, 0.15) is 4.99 Å².